The van der Waals surface area contributed by atoms with Gasteiger partial charge in [-0.05, 0) is 82.9 Å². The molecule has 0 N–H and O–H groups in total. The molecule has 0 bridgehead atoms. The van der Waals surface area contributed by atoms with E-state index in [0.29, 0.717) is 5.82 Å². The van der Waals surface area contributed by atoms with E-state index in [1.807, 2.05) is 18.2 Å². The second kappa shape index (κ2) is 13.1. The normalized spacial score (nSPS) is 11.6. The predicted molar refractivity (Wildman–Crippen MR) is 232 cm³/mol. The van der Waals surface area contributed by atoms with Gasteiger partial charge in [0, 0.05) is 38.7 Å². The summed E-state index contributed by atoms with van der Waals surface area (Å²) in [7, 11) is 0. The Kier molecular flexibility index (Phi) is 7.46. The van der Waals surface area contributed by atoms with Gasteiger partial charge in [-0.15, -0.1) is 0 Å². The summed E-state index contributed by atoms with van der Waals surface area (Å²) in [6.45, 7) is 0. The molecule has 0 fully saturated rings. The molecule has 0 aliphatic heterocycles. The first kappa shape index (κ1) is 31.9. The summed E-state index contributed by atoms with van der Waals surface area (Å²) in [4.78, 5) is 10.7. The molecule has 3 aromatic heterocycles. The smallest absolute Gasteiger partial charge is 0.162 e. The van der Waals surface area contributed by atoms with Crippen LogP contribution in [-0.2, 0) is 0 Å². The number of hydrogen-bond acceptors (Lipinski definition) is 2. The first-order valence-corrected chi connectivity index (χ1v) is 19.0. The van der Waals surface area contributed by atoms with Gasteiger partial charge in [-0.25, -0.2) is 9.97 Å². The van der Waals surface area contributed by atoms with Gasteiger partial charge >= 0.3 is 0 Å². The molecule has 4 heteroatoms. The van der Waals surface area contributed by atoms with Crippen molar-refractivity contribution >= 4 is 43.7 Å². The van der Waals surface area contributed by atoms with Crippen LogP contribution in [0.2, 0.25) is 0 Å². The SMILES string of the molecule is c1ccc(-c2ccc3c(c2)c2cc(-c4cccc(-c5nc(-c6ccccc6)nc6c5c5ccccc5n6-c5ccccc5)c4)ccc2n3-c2ccccc2)cc1. The van der Waals surface area contributed by atoms with Crippen LogP contribution >= 0.6 is 0 Å². The molecule has 0 aliphatic rings. The molecule has 0 atom stereocenters. The average Bonchev–Trinajstić information content (AvgIpc) is 3.79. The zero-order valence-corrected chi connectivity index (χ0v) is 30.4. The fourth-order valence-corrected chi connectivity index (χ4v) is 8.33. The highest BCUT2D eigenvalue weighted by Gasteiger charge is 2.21. The number of fused-ring (bicyclic) bond motifs is 6. The number of hydrogen-bond donors (Lipinski definition) is 0. The third-order valence-electron chi connectivity index (χ3n) is 10.9. The van der Waals surface area contributed by atoms with Gasteiger partial charge in [0.25, 0.3) is 0 Å². The second-order valence-corrected chi connectivity index (χ2v) is 14.2. The van der Waals surface area contributed by atoms with Crippen molar-refractivity contribution in [2.24, 2.45) is 0 Å². The van der Waals surface area contributed by atoms with E-state index in [9.17, 15) is 0 Å². The average molecular weight is 715 g/mol. The van der Waals surface area contributed by atoms with Crippen molar-refractivity contribution in [2.45, 2.75) is 0 Å². The van der Waals surface area contributed by atoms with Crippen LogP contribution in [0.1, 0.15) is 0 Å². The van der Waals surface area contributed by atoms with Gasteiger partial charge in [0.05, 0.1) is 27.6 Å². The summed E-state index contributed by atoms with van der Waals surface area (Å²) in [5.74, 6) is 0.697. The van der Waals surface area contributed by atoms with E-state index >= 15 is 0 Å². The van der Waals surface area contributed by atoms with Crippen molar-refractivity contribution in [3.05, 3.63) is 206 Å². The molecule has 11 rings (SSSR count). The molecule has 0 saturated heterocycles. The van der Waals surface area contributed by atoms with Crippen LogP contribution in [0.3, 0.4) is 0 Å². The minimum Gasteiger partial charge on any atom is -0.309 e. The highest BCUT2D eigenvalue weighted by atomic mass is 15.1. The Hall–Kier alpha value is -7.56. The minimum absolute atomic E-state index is 0.697. The monoisotopic (exact) mass is 714 g/mol. The van der Waals surface area contributed by atoms with Crippen molar-refractivity contribution in [3.63, 3.8) is 0 Å². The molecule has 0 amide bonds. The van der Waals surface area contributed by atoms with Gasteiger partial charge in [0.15, 0.2) is 5.82 Å². The maximum absolute atomic E-state index is 5.37. The van der Waals surface area contributed by atoms with Crippen LogP contribution in [0.5, 0.6) is 0 Å². The first-order valence-electron chi connectivity index (χ1n) is 19.0. The largest absolute Gasteiger partial charge is 0.309 e. The minimum atomic E-state index is 0.697. The molecule has 0 spiro atoms. The van der Waals surface area contributed by atoms with Crippen molar-refractivity contribution in [3.8, 4) is 56.3 Å². The molecule has 4 nitrogen and oxygen atoms in total. The lowest BCUT2D eigenvalue weighted by Crippen LogP contribution is -1.99. The molecular weight excluding hydrogens is 681 g/mol. The zero-order chi connectivity index (χ0) is 37.0. The summed E-state index contributed by atoms with van der Waals surface area (Å²) < 4.78 is 4.65. The second-order valence-electron chi connectivity index (χ2n) is 14.2. The molecule has 11 aromatic rings. The number of nitrogens with zero attached hydrogens (tertiary/aromatic N) is 4. The first-order chi connectivity index (χ1) is 27.8. The summed E-state index contributed by atoms with van der Waals surface area (Å²) in [6, 6.07) is 73.2. The van der Waals surface area contributed by atoms with Crippen molar-refractivity contribution < 1.29 is 0 Å². The van der Waals surface area contributed by atoms with Gasteiger partial charge in [-0.3, -0.25) is 4.57 Å². The summed E-state index contributed by atoms with van der Waals surface area (Å²) >= 11 is 0. The quantitative estimate of drug-likeness (QED) is 0.172. The van der Waals surface area contributed by atoms with Crippen LogP contribution in [0.4, 0.5) is 0 Å². The molecule has 3 heterocycles. The van der Waals surface area contributed by atoms with Crippen molar-refractivity contribution in [2.75, 3.05) is 0 Å². The molecule has 56 heavy (non-hydrogen) atoms. The lowest BCUT2D eigenvalue weighted by atomic mass is 9.97. The van der Waals surface area contributed by atoms with Crippen LogP contribution in [-0.4, -0.2) is 19.1 Å². The van der Waals surface area contributed by atoms with Gasteiger partial charge in [-0.2, -0.15) is 0 Å². The van der Waals surface area contributed by atoms with E-state index in [1.165, 1.54) is 32.9 Å². The zero-order valence-electron chi connectivity index (χ0n) is 30.4. The molecule has 0 radical (unpaired) electrons. The Morgan fingerprint density at radius 3 is 1.45 bits per heavy atom. The highest BCUT2D eigenvalue weighted by Crippen LogP contribution is 2.41. The maximum Gasteiger partial charge on any atom is 0.162 e. The molecule has 0 saturated carbocycles. The Labute approximate surface area is 324 Å². The summed E-state index contributed by atoms with van der Waals surface area (Å²) in [5, 5.41) is 4.60. The molecular formula is C52H34N4. The molecule has 8 aromatic carbocycles. The third kappa shape index (κ3) is 5.23. The van der Waals surface area contributed by atoms with Gasteiger partial charge in [0.1, 0.15) is 5.65 Å². The highest BCUT2D eigenvalue weighted by molar-refractivity contribution is 6.15. The van der Waals surface area contributed by atoms with Crippen LogP contribution in [0.15, 0.2) is 206 Å². The van der Waals surface area contributed by atoms with Gasteiger partial charge in [-0.1, -0.05) is 146 Å². The summed E-state index contributed by atoms with van der Waals surface area (Å²) in [6.07, 6.45) is 0. The van der Waals surface area contributed by atoms with Gasteiger partial charge < -0.3 is 4.57 Å². The van der Waals surface area contributed by atoms with Crippen molar-refractivity contribution in [1.82, 2.24) is 19.1 Å². The van der Waals surface area contributed by atoms with Crippen molar-refractivity contribution in [1.29, 1.82) is 0 Å². The Balaban J connectivity index is 1.14. The number of aromatic nitrogens is 4. The molecule has 0 unspecified atom stereocenters. The Morgan fingerprint density at radius 1 is 0.304 bits per heavy atom. The number of rotatable bonds is 6. The van der Waals surface area contributed by atoms with Crippen LogP contribution in [0, 0.1) is 0 Å². The number of para-hydroxylation sites is 3. The fraction of sp³-hybridized carbons (Fsp3) is 0. The number of benzene rings is 8. The van der Waals surface area contributed by atoms with Crippen LogP contribution < -0.4 is 0 Å². The fourth-order valence-electron chi connectivity index (χ4n) is 8.33. The van der Waals surface area contributed by atoms with E-state index in [-0.39, 0.29) is 0 Å². The Morgan fingerprint density at radius 2 is 0.786 bits per heavy atom. The Bertz CT molecular complexity index is 3220. The van der Waals surface area contributed by atoms with E-state index in [1.54, 1.807) is 0 Å². The molecule has 262 valence electrons. The van der Waals surface area contributed by atoms with Gasteiger partial charge in [0.2, 0.25) is 0 Å². The predicted octanol–water partition coefficient (Wildman–Crippen LogP) is 13.3. The topological polar surface area (TPSA) is 35.6 Å². The third-order valence-corrected chi connectivity index (χ3v) is 10.9. The molecule has 0 aliphatic carbocycles. The van der Waals surface area contributed by atoms with E-state index in [4.69, 9.17) is 9.97 Å². The lowest BCUT2D eigenvalue weighted by Gasteiger charge is -2.11. The van der Waals surface area contributed by atoms with E-state index in [0.717, 1.165) is 61.3 Å². The van der Waals surface area contributed by atoms with E-state index in [2.05, 4.69) is 197 Å². The van der Waals surface area contributed by atoms with E-state index < -0.39 is 0 Å². The van der Waals surface area contributed by atoms with Crippen LogP contribution in [0.25, 0.3) is 100 Å². The summed E-state index contributed by atoms with van der Waals surface area (Å²) in [5.41, 5.74) is 14.2. The standard InChI is InChI=1S/C52H34N4/c1-5-16-35(17-6-1)38-28-30-47-44(33-38)45-34-39(29-31-48(45)55(47)41-22-9-3-10-23-41)37-20-15-21-40(32-37)50-49-43-26-13-14-27-46(43)56(42-24-11-4-12-25-42)52(49)54-51(53-50)36-18-7-2-8-19-36/h1-34H. The maximum atomic E-state index is 5.37. The lowest BCUT2D eigenvalue weighted by molar-refractivity contribution is 1.11.